The van der Waals surface area contributed by atoms with Crippen molar-refractivity contribution in [3.05, 3.63) is 24.4 Å². The van der Waals surface area contributed by atoms with Crippen molar-refractivity contribution < 1.29 is 31.8 Å². The molecule has 2 saturated heterocycles. The molecule has 1 N–H and O–H groups in total. The van der Waals surface area contributed by atoms with Gasteiger partial charge in [-0.1, -0.05) is 0 Å². The average molecular weight is 651 g/mol. The molecule has 4 aromatic rings. The summed E-state index contributed by atoms with van der Waals surface area (Å²) in [5.74, 6) is 3.12. The predicted molar refractivity (Wildman–Crippen MR) is 168 cm³/mol. The van der Waals surface area contributed by atoms with E-state index in [-0.39, 0.29) is 11.2 Å². The maximum Gasteiger partial charge on any atom is 0.294 e. The monoisotopic (exact) mass is 650 g/mol. The Morgan fingerprint density at radius 3 is 2.65 bits per heavy atom. The Morgan fingerprint density at radius 1 is 1.16 bits per heavy atom. The molecule has 234 valence electrons. The van der Waals surface area contributed by atoms with Gasteiger partial charge in [-0.3, -0.25) is 0 Å². The number of nitrogens with zero attached hydrogens (tertiary/aromatic N) is 3. The number of hydrogen-bond donors (Lipinski definition) is 1. The van der Waals surface area contributed by atoms with Gasteiger partial charge in [0.2, 0.25) is 15.0 Å². The number of nitrogens with one attached hydrogen (secondary N) is 1. The molecule has 5 heterocycles. The number of aromatic nitrogens is 3. The molecule has 0 amide bonds. The summed E-state index contributed by atoms with van der Waals surface area (Å²) >= 11 is 3.22. The zero-order chi connectivity index (χ0) is 30.4. The van der Waals surface area contributed by atoms with Gasteiger partial charge in [-0.25, -0.2) is 22.6 Å². The van der Waals surface area contributed by atoms with Crippen LogP contribution in [0.15, 0.2) is 28.8 Å². The van der Waals surface area contributed by atoms with E-state index in [9.17, 15) is 8.42 Å². The smallest absolute Gasteiger partial charge is 0.294 e. The van der Waals surface area contributed by atoms with E-state index in [4.69, 9.17) is 23.4 Å². The van der Waals surface area contributed by atoms with Gasteiger partial charge in [0.1, 0.15) is 22.8 Å². The number of sulfonamides is 1. The third kappa shape index (κ3) is 6.08. The number of rotatable bonds is 9. The van der Waals surface area contributed by atoms with Crippen LogP contribution in [-0.2, 0) is 14.8 Å². The van der Waals surface area contributed by atoms with Gasteiger partial charge in [-0.15, -0.1) is 5.10 Å². The molecule has 0 spiro atoms. The van der Waals surface area contributed by atoms with E-state index >= 15 is 0 Å². The second kappa shape index (κ2) is 11.8. The molecule has 6 rings (SSSR count). The van der Waals surface area contributed by atoms with Gasteiger partial charge in [0.05, 0.1) is 37.2 Å². The Hall–Kier alpha value is -2.52. The zero-order valence-corrected chi connectivity index (χ0v) is 27.5. The summed E-state index contributed by atoms with van der Waals surface area (Å²) in [4.78, 5) is 5.36. The molecule has 1 aromatic carbocycles. The SMILES string of the molecule is COc1cc(OCC2CCSC(C3(NS(=O)(=O)C(C)(C)C)CCOCC3)C2)c2cc(-c3cn4nc(OC)sc4n3)oc2c1. The van der Waals surface area contributed by atoms with Crippen LogP contribution < -0.4 is 18.9 Å². The molecule has 2 aliphatic rings. The second-order valence-corrected chi connectivity index (χ2v) is 16.8. The van der Waals surface area contributed by atoms with Crippen LogP contribution in [0.1, 0.15) is 46.5 Å². The molecule has 0 saturated carbocycles. The summed E-state index contributed by atoms with van der Waals surface area (Å²) in [6, 6.07) is 5.66. The molecule has 14 heteroatoms. The van der Waals surface area contributed by atoms with Crippen LogP contribution in [-0.4, -0.2) is 78.3 Å². The number of furan rings is 1. The van der Waals surface area contributed by atoms with Crippen molar-refractivity contribution in [3.63, 3.8) is 0 Å². The lowest BCUT2D eigenvalue weighted by molar-refractivity contribution is 0.0419. The lowest BCUT2D eigenvalue weighted by Gasteiger charge is -2.47. The Morgan fingerprint density at radius 2 is 1.95 bits per heavy atom. The highest BCUT2D eigenvalue weighted by atomic mass is 32.2. The molecule has 2 fully saturated rings. The average Bonchev–Trinajstić information content (AvgIpc) is 3.69. The van der Waals surface area contributed by atoms with Crippen molar-refractivity contribution in [1.82, 2.24) is 19.3 Å². The first-order valence-corrected chi connectivity index (χ1v) is 17.7. The van der Waals surface area contributed by atoms with Gasteiger partial charge in [-0.05, 0) is 75.5 Å². The number of hydrogen-bond acceptors (Lipinski definition) is 11. The predicted octanol–water partition coefficient (Wildman–Crippen LogP) is 5.38. The van der Waals surface area contributed by atoms with Crippen molar-refractivity contribution in [2.24, 2.45) is 5.92 Å². The van der Waals surface area contributed by atoms with Crippen molar-refractivity contribution >= 4 is 49.1 Å². The Balaban J connectivity index is 1.21. The molecule has 0 aliphatic carbocycles. The van der Waals surface area contributed by atoms with Crippen LogP contribution in [0.25, 0.3) is 27.4 Å². The number of fused-ring (bicyclic) bond motifs is 2. The van der Waals surface area contributed by atoms with Crippen LogP contribution in [0.3, 0.4) is 0 Å². The topological polar surface area (TPSA) is 126 Å². The maximum absolute atomic E-state index is 13.3. The lowest BCUT2D eigenvalue weighted by atomic mass is 9.82. The van der Waals surface area contributed by atoms with E-state index in [1.807, 2.05) is 36.2 Å². The number of imidazole rings is 1. The molecule has 11 nitrogen and oxygen atoms in total. The molecule has 0 bridgehead atoms. The highest BCUT2D eigenvalue weighted by molar-refractivity contribution is 8.00. The Kier molecular flexibility index (Phi) is 8.35. The van der Waals surface area contributed by atoms with Crippen molar-refractivity contribution in [3.8, 4) is 28.1 Å². The van der Waals surface area contributed by atoms with E-state index in [0.29, 0.717) is 71.4 Å². The van der Waals surface area contributed by atoms with Gasteiger partial charge in [-0.2, -0.15) is 11.8 Å². The normalized spacial score (nSPS) is 21.3. The van der Waals surface area contributed by atoms with Crippen LogP contribution in [0.4, 0.5) is 0 Å². The highest BCUT2D eigenvalue weighted by Crippen LogP contribution is 2.43. The quantitative estimate of drug-likeness (QED) is 0.252. The lowest BCUT2D eigenvalue weighted by Crippen LogP contribution is -2.61. The van der Waals surface area contributed by atoms with E-state index in [1.165, 1.54) is 11.3 Å². The molecule has 2 unspecified atom stereocenters. The molecule has 2 atom stereocenters. The number of thioether (sulfide) groups is 1. The first-order valence-electron chi connectivity index (χ1n) is 14.4. The van der Waals surface area contributed by atoms with Gasteiger partial charge < -0.3 is 23.4 Å². The van der Waals surface area contributed by atoms with Gasteiger partial charge in [0, 0.05) is 36.1 Å². The third-order valence-electron chi connectivity index (χ3n) is 8.27. The maximum atomic E-state index is 13.3. The molecule has 3 aromatic heterocycles. The Labute approximate surface area is 259 Å². The van der Waals surface area contributed by atoms with Gasteiger partial charge in [0.15, 0.2) is 5.76 Å². The fraction of sp³-hybridized carbons (Fsp3) is 0.586. The summed E-state index contributed by atoms with van der Waals surface area (Å²) in [5.41, 5.74) is 0.767. The number of methoxy groups -OCH3 is 2. The molecule has 0 radical (unpaired) electrons. The van der Waals surface area contributed by atoms with Gasteiger partial charge >= 0.3 is 0 Å². The summed E-state index contributed by atoms with van der Waals surface area (Å²) in [6.07, 6.45) is 4.98. The zero-order valence-electron chi connectivity index (χ0n) is 25.0. The van der Waals surface area contributed by atoms with Crippen molar-refractivity contribution in [1.29, 1.82) is 0 Å². The summed E-state index contributed by atoms with van der Waals surface area (Å²) in [6.45, 7) is 6.83. The van der Waals surface area contributed by atoms with E-state index in [0.717, 1.165) is 24.0 Å². The minimum atomic E-state index is -3.53. The number of ether oxygens (including phenoxy) is 4. The minimum absolute atomic E-state index is 0.128. The van der Waals surface area contributed by atoms with Crippen LogP contribution in [0.2, 0.25) is 0 Å². The van der Waals surface area contributed by atoms with Crippen LogP contribution >= 0.6 is 23.1 Å². The van der Waals surface area contributed by atoms with E-state index < -0.39 is 20.3 Å². The second-order valence-electron chi connectivity index (χ2n) is 12.1. The van der Waals surface area contributed by atoms with Crippen LogP contribution in [0.5, 0.6) is 16.7 Å². The molecular weight excluding hydrogens is 613 g/mol. The summed E-state index contributed by atoms with van der Waals surface area (Å²) in [7, 11) is -0.332. The first kappa shape index (κ1) is 30.5. The third-order valence-corrected chi connectivity index (χ3v) is 13.0. The number of benzene rings is 1. The largest absolute Gasteiger partial charge is 0.496 e. The Bertz CT molecular complexity index is 1670. The molecule has 43 heavy (non-hydrogen) atoms. The summed E-state index contributed by atoms with van der Waals surface area (Å²) < 4.78 is 59.6. The fourth-order valence-corrected chi connectivity index (χ4v) is 9.32. The summed E-state index contributed by atoms with van der Waals surface area (Å²) in [5, 5.41) is 5.85. The van der Waals surface area contributed by atoms with Crippen LogP contribution in [0, 0.1) is 5.92 Å². The van der Waals surface area contributed by atoms with E-state index in [2.05, 4.69) is 14.8 Å². The fourth-order valence-electron chi connectivity index (χ4n) is 5.59. The van der Waals surface area contributed by atoms with Gasteiger partial charge in [0.25, 0.3) is 5.19 Å². The van der Waals surface area contributed by atoms with Crippen molar-refractivity contribution in [2.75, 3.05) is 39.8 Å². The first-order chi connectivity index (χ1) is 20.5. The molecule has 2 aliphatic heterocycles. The minimum Gasteiger partial charge on any atom is -0.496 e. The van der Waals surface area contributed by atoms with E-state index in [1.54, 1.807) is 39.5 Å². The van der Waals surface area contributed by atoms with Crippen molar-refractivity contribution in [2.45, 2.75) is 62.0 Å². The standard InChI is InChI=1S/C29H38N4O7S3/c1-28(2,3)43(34,35)32-29(7-9-38-10-8-29)25-12-18(6-11-41-25)17-39-22-13-19(36-4)14-23-20(22)15-24(40-23)21-16-33-26(30-21)42-27(31-33)37-5/h13-16,18,25,32H,6-12,17H2,1-5H3. The highest BCUT2D eigenvalue weighted by Gasteiger charge is 2.47. The molecular formula is C29H38N4O7S3.